The summed E-state index contributed by atoms with van der Waals surface area (Å²) in [5, 5.41) is 0.692. The summed E-state index contributed by atoms with van der Waals surface area (Å²) in [6.07, 6.45) is 0.927. The van der Waals surface area contributed by atoms with E-state index in [-0.39, 0.29) is 11.0 Å². The van der Waals surface area contributed by atoms with Gasteiger partial charge in [-0.1, -0.05) is 52.0 Å². The molecule has 22 heavy (non-hydrogen) atoms. The van der Waals surface area contributed by atoms with Crippen molar-refractivity contribution < 1.29 is 0 Å². The van der Waals surface area contributed by atoms with Gasteiger partial charge in [-0.3, -0.25) is 4.79 Å². The monoisotopic (exact) mass is 312 g/mol. The molecule has 0 fully saturated rings. The Hall–Kier alpha value is -1.94. The number of nitrogens with one attached hydrogen (secondary N) is 1. The van der Waals surface area contributed by atoms with Gasteiger partial charge < -0.3 is 4.98 Å². The van der Waals surface area contributed by atoms with E-state index in [0.29, 0.717) is 11.2 Å². The lowest BCUT2D eigenvalue weighted by Crippen LogP contribution is -2.11. The molecule has 0 spiro atoms. The van der Waals surface area contributed by atoms with E-state index in [0.717, 1.165) is 16.8 Å². The third-order valence-corrected chi connectivity index (χ3v) is 5.00. The Morgan fingerprint density at radius 1 is 1.18 bits per heavy atom. The molecule has 3 rings (SSSR count). The second kappa shape index (κ2) is 5.36. The maximum absolute atomic E-state index is 12.2. The Balaban J connectivity index is 2.08. The number of fused-ring (bicyclic) bond motifs is 1. The molecule has 0 aliphatic heterocycles. The van der Waals surface area contributed by atoms with Crippen LogP contribution in [0, 0.1) is 0 Å². The fraction of sp³-hybridized carbons (Fsp3) is 0.333. The van der Waals surface area contributed by atoms with Crippen LogP contribution in [-0.4, -0.2) is 9.97 Å². The van der Waals surface area contributed by atoms with Gasteiger partial charge in [0.2, 0.25) is 0 Å². The molecule has 0 aliphatic rings. The van der Waals surface area contributed by atoms with Crippen LogP contribution in [0.2, 0.25) is 0 Å². The van der Waals surface area contributed by atoms with Crippen LogP contribution in [0.3, 0.4) is 0 Å². The first-order chi connectivity index (χ1) is 10.4. The maximum Gasteiger partial charge on any atom is 0.259 e. The second-order valence-corrected chi connectivity index (χ2v) is 7.64. The third kappa shape index (κ3) is 2.71. The molecule has 1 N–H and O–H groups in total. The number of aryl methyl sites for hydroxylation is 1. The molecule has 3 aromatic rings. The molecule has 0 aliphatic carbocycles. The van der Waals surface area contributed by atoms with Gasteiger partial charge in [-0.15, -0.1) is 11.3 Å². The van der Waals surface area contributed by atoms with Crippen LogP contribution in [0.4, 0.5) is 0 Å². The number of aromatic amines is 1. The molecular weight excluding hydrogens is 292 g/mol. The average Bonchev–Trinajstić information content (AvgIpc) is 2.90. The van der Waals surface area contributed by atoms with Gasteiger partial charge in [0, 0.05) is 10.4 Å². The first-order valence-electron chi connectivity index (χ1n) is 7.52. The number of thiophene rings is 1. The smallest absolute Gasteiger partial charge is 0.259 e. The van der Waals surface area contributed by atoms with Crippen molar-refractivity contribution in [2.75, 3.05) is 0 Å². The Bertz CT molecular complexity index is 867. The van der Waals surface area contributed by atoms with Crippen molar-refractivity contribution >= 4 is 21.6 Å². The summed E-state index contributed by atoms with van der Waals surface area (Å²) in [7, 11) is 0. The predicted molar refractivity (Wildman–Crippen MR) is 93.8 cm³/mol. The molecule has 114 valence electrons. The number of H-pyrrole nitrogens is 1. The summed E-state index contributed by atoms with van der Waals surface area (Å²) in [6, 6.07) is 10.2. The van der Waals surface area contributed by atoms with Gasteiger partial charge in [0.05, 0.1) is 5.39 Å². The Morgan fingerprint density at radius 3 is 2.45 bits per heavy atom. The van der Waals surface area contributed by atoms with Crippen LogP contribution in [-0.2, 0) is 11.8 Å². The SMILES string of the molecule is CCc1cc2c(=O)[nH]c(-c3ccc(C(C)(C)C)cc3)nc2s1. The lowest BCUT2D eigenvalue weighted by molar-refractivity contribution is 0.590. The van der Waals surface area contributed by atoms with Gasteiger partial charge in [0.25, 0.3) is 5.56 Å². The molecule has 3 nitrogen and oxygen atoms in total. The number of hydrogen-bond donors (Lipinski definition) is 1. The van der Waals surface area contributed by atoms with Crippen LogP contribution in [0.5, 0.6) is 0 Å². The largest absolute Gasteiger partial charge is 0.306 e. The van der Waals surface area contributed by atoms with Crippen molar-refractivity contribution in [3.05, 3.63) is 51.1 Å². The zero-order chi connectivity index (χ0) is 15.9. The van der Waals surface area contributed by atoms with Gasteiger partial charge >= 0.3 is 0 Å². The maximum atomic E-state index is 12.2. The lowest BCUT2D eigenvalue weighted by atomic mass is 9.87. The standard InChI is InChI=1S/C18H20N2OS/c1-5-13-10-14-16(21)19-15(20-17(14)22-13)11-6-8-12(9-7-11)18(2,3)4/h6-10H,5H2,1-4H3,(H,19,20,21). The van der Waals surface area contributed by atoms with Crippen molar-refractivity contribution in [2.24, 2.45) is 0 Å². The van der Waals surface area contributed by atoms with Crippen molar-refractivity contribution in [2.45, 2.75) is 39.5 Å². The molecule has 0 unspecified atom stereocenters. The first kappa shape index (κ1) is 15.0. The molecule has 2 heterocycles. The van der Waals surface area contributed by atoms with E-state index in [1.165, 1.54) is 10.4 Å². The number of hydrogen-bond acceptors (Lipinski definition) is 3. The summed E-state index contributed by atoms with van der Waals surface area (Å²) in [5.41, 5.74) is 2.27. The van der Waals surface area contributed by atoms with E-state index in [2.05, 4.69) is 49.8 Å². The summed E-state index contributed by atoms with van der Waals surface area (Å²) < 4.78 is 0. The van der Waals surface area contributed by atoms with E-state index in [4.69, 9.17) is 0 Å². The molecule has 0 amide bonds. The second-order valence-electron chi connectivity index (χ2n) is 6.53. The number of rotatable bonds is 2. The van der Waals surface area contributed by atoms with Crippen LogP contribution in [0.25, 0.3) is 21.6 Å². The molecule has 0 saturated heterocycles. The first-order valence-corrected chi connectivity index (χ1v) is 8.34. The van der Waals surface area contributed by atoms with Crippen LogP contribution < -0.4 is 5.56 Å². The molecule has 4 heteroatoms. The van der Waals surface area contributed by atoms with Gasteiger partial charge in [-0.2, -0.15) is 0 Å². The molecular formula is C18H20N2OS. The Labute approximate surface area is 134 Å². The number of benzene rings is 1. The highest BCUT2D eigenvalue weighted by molar-refractivity contribution is 7.18. The highest BCUT2D eigenvalue weighted by atomic mass is 32.1. The molecule has 1 aromatic carbocycles. The molecule has 0 saturated carbocycles. The van der Waals surface area contributed by atoms with Crippen LogP contribution >= 0.6 is 11.3 Å². The molecule has 0 atom stereocenters. The van der Waals surface area contributed by atoms with E-state index in [9.17, 15) is 4.79 Å². The highest BCUT2D eigenvalue weighted by Gasteiger charge is 2.14. The fourth-order valence-corrected chi connectivity index (χ4v) is 3.39. The van der Waals surface area contributed by atoms with Gasteiger partial charge in [-0.25, -0.2) is 4.98 Å². The quantitative estimate of drug-likeness (QED) is 0.756. The minimum atomic E-state index is -0.0594. The van der Waals surface area contributed by atoms with Crippen LogP contribution in [0.15, 0.2) is 35.1 Å². The van der Waals surface area contributed by atoms with Crippen molar-refractivity contribution in [1.29, 1.82) is 0 Å². The van der Waals surface area contributed by atoms with Crippen molar-refractivity contribution in [3.8, 4) is 11.4 Å². The van der Waals surface area contributed by atoms with E-state index in [1.807, 2.05) is 18.2 Å². The molecule has 0 radical (unpaired) electrons. The number of aromatic nitrogens is 2. The third-order valence-electron chi connectivity index (χ3n) is 3.83. The summed E-state index contributed by atoms with van der Waals surface area (Å²) in [4.78, 5) is 21.8. The Morgan fingerprint density at radius 2 is 1.86 bits per heavy atom. The van der Waals surface area contributed by atoms with E-state index >= 15 is 0 Å². The summed E-state index contributed by atoms with van der Waals surface area (Å²) in [5.74, 6) is 0.641. The summed E-state index contributed by atoms with van der Waals surface area (Å²) in [6.45, 7) is 8.65. The minimum absolute atomic E-state index is 0.0594. The van der Waals surface area contributed by atoms with Crippen LogP contribution in [0.1, 0.15) is 38.1 Å². The summed E-state index contributed by atoms with van der Waals surface area (Å²) >= 11 is 1.60. The van der Waals surface area contributed by atoms with E-state index in [1.54, 1.807) is 11.3 Å². The fourth-order valence-electron chi connectivity index (χ4n) is 2.42. The normalized spacial score (nSPS) is 12.0. The molecule has 0 bridgehead atoms. The van der Waals surface area contributed by atoms with Crippen molar-refractivity contribution in [1.82, 2.24) is 9.97 Å². The van der Waals surface area contributed by atoms with Gasteiger partial charge in [0.15, 0.2) is 0 Å². The zero-order valence-corrected chi connectivity index (χ0v) is 14.2. The Kier molecular flexibility index (Phi) is 3.65. The minimum Gasteiger partial charge on any atom is -0.306 e. The van der Waals surface area contributed by atoms with Crippen molar-refractivity contribution in [3.63, 3.8) is 0 Å². The van der Waals surface area contributed by atoms with Gasteiger partial charge in [0.1, 0.15) is 10.7 Å². The highest BCUT2D eigenvalue weighted by Crippen LogP contribution is 2.26. The zero-order valence-electron chi connectivity index (χ0n) is 13.4. The average molecular weight is 312 g/mol. The topological polar surface area (TPSA) is 45.8 Å². The lowest BCUT2D eigenvalue weighted by Gasteiger charge is -2.19. The predicted octanol–water partition coefficient (Wildman–Crippen LogP) is 4.51. The van der Waals surface area contributed by atoms with E-state index < -0.39 is 0 Å². The number of nitrogens with zero attached hydrogens (tertiary/aromatic N) is 1. The molecule has 2 aromatic heterocycles. The van der Waals surface area contributed by atoms with Gasteiger partial charge in [-0.05, 0) is 23.5 Å².